The first kappa shape index (κ1) is 22.1. The lowest BCUT2D eigenvalue weighted by Gasteiger charge is -2.19. The molecule has 0 aliphatic carbocycles. The summed E-state index contributed by atoms with van der Waals surface area (Å²) in [6.45, 7) is 2.29. The summed E-state index contributed by atoms with van der Waals surface area (Å²) in [5.74, 6) is -0.551. The molecule has 2 aromatic rings. The van der Waals surface area contributed by atoms with E-state index in [1.54, 1.807) is 6.08 Å². The standard InChI is InChI=1S/C24H28N2O3/c1-20(27)26(24(29)17-15-22-12-6-3-7-13-22)19-9-8-18-25-23(28)16-14-21-10-4-2-5-11-21/h2-7,10-14,16H,8-9,15,17-19H2,1H3,(H,25,28)/b16-14+. The van der Waals surface area contributed by atoms with Crippen LogP contribution in [0.25, 0.3) is 6.08 Å². The van der Waals surface area contributed by atoms with Crippen LogP contribution in [-0.4, -0.2) is 35.7 Å². The highest BCUT2D eigenvalue weighted by atomic mass is 16.2. The summed E-state index contributed by atoms with van der Waals surface area (Å²) in [6.07, 6.45) is 5.54. The maximum Gasteiger partial charge on any atom is 0.243 e. The molecule has 0 radical (unpaired) electrons. The van der Waals surface area contributed by atoms with Gasteiger partial charge in [0, 0.05) is 32.5 Å². The van der Waals surface area contributed by atoms with Crippen LogP contribution in [0.1, 0.15) is 37.3 Å². The molecule has 0 saturated carbocycles. The Hall–Kier alpha value is -3.21. The van der Waals surface area contributed by atoms with Gasteiger partial charge >= 0.3 is 0 Å². The van der Waals surface area contributed by atoms with Gasteiger partial charge in [0.25, 0.3) is 0 Å². The zero-order chi connectivity index (χ0) is 20.9. The lowest BCUT2D eigenvalue weighted by molar-refractivity contribution is -0.143. The number of unbranched alkanes of at least 4 members (excludes halogenated alkanes) is 1. The number of hydrogen-bond donors (Lipinski definition) is 1. The molecule has 0 unspecified atom stereocenters. The van der Waals surface area contributed by atoms with Gasteiger partial charge in [0.15, 0.2) is 0 Å². The van der Waals surface area contributed by atoms with Crippen molar-refractivity contribution in [3.63, 3.8) is 0 Å². The maximum atomic E-state index is 12.4. The predicted molar refractivity (Wildman–Crippen MR) is 115 cm³/mol. The molecule has 0 aliphatic rings. The molecule has 1 N–H and O–H groups in total. The molecular weight excluding hydrogens is 364 g/mol. The van der Waals surface area contributed by atoms with Crippen molar-refractivity contribution >= 4 is 23.8 Å². The van der Waals surface area contributed by atoms with Crippen molar-refractivity contribution < 1.29 is 14.4 Å². The second-order valence-corrected chi connectivity index (χ2v) is 6.79. The number of aryl methyl sites for hydroxylation is 1. The number of nitrogens with zero attached hydrogens (tertiary/aromatic N) is 1. The van der Waals surface area contributed by atoms with Crippen LogP contribution in [-0.2, 0) is 20.8 Å². The van der Waals surface area contributed by atoms with E-state index in [4.69, 9.17) is 0 Å². The van der Waals surface area contributed by atoms with Gasteiger partial charge in [-0.15, -0.1) is 0 Å². The molecule has 5 heteroatoms. The predicted octanol–water partition coefficient (Wildman–Crippen LogP) is 3.60. The average Bonchev–Trinajstić information content (AvgIpc) is 2.74. The van der Waals surface area contributed by atoms with E-state index < -0.39 is 0 Å². The van der Waals surface area contributed by atoms with Gasteiger partial charge in [-0.2, -0.15) is 0 Å². The van der Waals surface area contributed by atoms with Gasteiger partial charge < -0.3 is 5.32 Å². The van der Waals surface area contributed by atoms with E-state index in [0.29, 0.717) is 38.8 Å². The Labute approximate surface area is 172 Å². The number of amides is 3. The third kappa shape index (κ3) is 8.56. The number of carbonyl (C=O) groups is 3. The van der Waals surface area contributed by atoms with Crippen LogP contribution in [0, 0.1) is 0 Å². The number of hydrogen-bond acceptors (Lipinski definition) is 3. The summed E-state index contributed by atoms with van der Waals surface area (Å²) in [7, 11) is 0. The number of nitrogens with one attached hydrogen (secondary N) is 1. The lowest BCUT2D eigenvalue weighted by Crippen LogP contribution is -2.36. The highest BCUT2D eigenvalue weighted by Crippen LogP contribution is 2.06. The first-order valence-electron chi connectivity index (χ1n) is 9.92. The third-order valence-electron chi connectivity index (χ3n) is 4.49. The molecule has 152 valence electrons. The molecular formula is C24H28N2O3. The molecule has 0 aliphatic heterocycles. The summed E-state index contributed by atoms with van der Waals surface area (Å²) in [5, 5.41) is 2.82. The SMILES string of the molecule is CC(=O)N(CCCCNC(=O)/C=C/c1ccccc1)C(=O)CCc1ccccc1. The van der Waals surface area contributed by atoms with Crippen LogP contribution in [0.15, 0.2) is 66.7 Å². The van der Waals surface area contributed by atoms with Crippen molar-refractivity contribution in [2.75, 3.05) is 13.1 Å². The molecule has 0 atom stereocenters. The number of imide groups is 1. The Bertz CT molecular complexity index is 817. The van der Waals surface area contributed by atoms with E-state index in [-0.39, 0.29) is 17.7 Å². The van der Waals surface area contributed by atoms with Crippen molar-refractivity contribution in [3.05, 3.63) is 77.9 Å². The molecule has 5 nitrogen and oxygen atoms in total. The highest BCUT2D eigenvalue weighted by Gasteiger charge is 2.17. The van der Waals surface area contributed by atoms with Crippen LogP contribution in [0.2, 0.25) is 0 Å². The molecule has 29 heavy (non-hydrogen) atoms. The third-order valence-corrected chi connectivity index (χ3v) is 4.49. The largest absolute Gasteiger partial charge is 0.353 e. The van der Waals surface area contributed by atoms with E-state index >= 15 is 0 Å². The van der Waals surface area contributed by atoms with Crippen LogP contribution in [0.5, 0.6) is 0 Å². The van der Waals surface area contributed by atoms with Crippen LogP contribution in [0.4, 0.5) is 0 Å². The maximum absolute atomic E-state index is 12.4. The van der Waals surface area contributed by atoms with Crippen molar-refractivity contribution in [1.29, 1.82) is 0 Å². The fourth-order valence-corrected chi connectivity index (χ4v) is 2.89. The lowest BCUT2D eigenvalue weighted by atomic mass is 10.1. The smallest absolute Gasteiger partial charge is 0.243 e. The number of benzene rings is 2. The number of rotatable bonds is 10. The molecule has 0 aromatic heterocycles. The second kappa shape index (κ2) is 12.3. The molecule has 0 spiro atoms. The van der Waals surface area contributed by atoms with Gasteiger partial charge in [0.2, 0.25) is 17.7 Å². The fraction of sp³-hybridized carbons (Fsp3) is 0.292. The van der Waals surface area contributed by atoms with Crippen LogP contribution >= 0.6 is 0 Å². The fourth-order valence-electron chi connectivity index (χ4n) is 2.89. The minimum Gasteiger partial charge on any atom is -0.353 e. The van der Waals surface area contributed by atoms with Gasteiger partial charge in [-0.05, 0) is 36.5 Å². The van der Waals surface area contributed by atoms with Gasteiger partial charge in [0.1, 0.15) is 0 Å². The molecule has 0 heterocycles. The Morgan fingerprint density at radius 1 is 0.931 bits per heavy atom. The molecule has 3 amide bonds. The van der Waals surface area contributed by atoms with Crippen LogP contribution < -0.4 is 5.32 Å². The van der Waals surface area contributed by atoms with Crippen molar-refractivity contribution in [2.45, 2.75) is 32.6 Å². The summed E-state index contributed by atoms with van der Waals surface area (Å²) < 4.78 is 0. The van der Waals surface area contributed by atoms with Gasteiger partial charge in [-0.1, -0.05) is 60.7 Å². The van der Waals surface area contributed by atoms with Gasteiger partial charge in [-0.25, -0.2) is 0 Å². The van der Waals surface area contributed by atoms with Crippen LogP contribution in [0.3, 0.4) is 0 Å². The minimum atomic E-state index is -0.238. The molecule has 0 bridgehead atoms. The normalized spacial score (nSPS) is 10.7. The van der Waals surface area contributed by atoms with E-state index in [2.05, 4.69) is 5.32 Å². The molecule has 0 saturated heterocycles. The summed E-state index contributed by atoms with van der Waals surface area (Å²) in [5.41, 5.74) is 2.05. The molecule has 2 rings (SSSR count). The summed E-state index contributed by atoms with van der Waals surface area (Å²) in [4.78, 5) is 37.3. The van der Waals surface area contributed by atoms with Gasteiger partial charge in [-0.3, -0.25) is 19.3 Å². The van der Waals surface area contributed by atoms with Crippen molar-refractivity contribution in [3.8, 4) is 0 Å². The van der Waals surface area contributed by atoms with E-state index in [0.717, 1.165) is 11.1 Å². The minimum absolute atomic E-state index is 0.156. The molecule has 0 fully saturated rings. The quantitative estimate of drug-likeness (QED) is 0.496. The van der Waals surface area contributed by atoms with E-state index in [9.17, 15) is 14.4 Å². The Morgan fingerprint density at radius 3 is 2.24 bits per heavy atom. The highest BCUT2D eigenvalue weighted by molar-refractivity contribution is 5.94. The van der Waals surface area contributed by atoms with E-state index in [1.165, 1.54) is 17.9 Å². The second-order valence-electron chi connectivity index (χ2n) is 6.79. The summed E-state index contributed by atoms with van der Waals surface area (Å²) >= 11 is 0. The Balaban J connectivity index is 1.67. The zero-order valence-electron chi connectivity index (χ0n) is 16.8. The van der Waals surface area contributed by atoms with Gasteiger partial charge in [0.05, 0.1) is 0 Å². The van der Waals surface area contributed by atoms with E-state index in [1.807, 2.05) is 60.7 Å². The first-order valence-corrected chi connectivity index (χ1v) is 9.92. The Kier molecular flexibility index (Phi) is 9.36. The zero-order valence-corrected chi connectivity index (χ0v) is 16.8. The molecule has 2 aromatic carbocycles. The van der Waals surface area contributed by atoms with Crippen molar-refractivity contribution in [1.82, 2.24) is 10.2 Å². The number of carbonyl (C=O) groups excluding carboxylic acids is 3. The first-order chi connectivity index (χ1) is 14.1. The topological polar surface area (TPSA) is 66.5 Å². The summed E-state index contributed by atoms with van der Waals surface area (Å²) in [6, 6.07) is 19.4. The van der Waals surface area contributed by atoms with Crippen molar-refractivity contribution in [2.24, 2.45) is 0 Å². The average molecular weight is 392 g/mol. The monoisotopic (exact) mass is 392 g/mol. The Morgan fingerprint density at radius 2 is 1.59 bits per heavy atom.